The van der Waals surface area contributed by atoms with Crippen molar-refractivity contribution in [3.8, 4) is 0 Å². The topological polar surface area (TPSA) is 32.7 Å². The molecule has 0 aliphatic heterocycles. The van der Waals surface area contributed by atoms with Gasteiger partial charge in [0.2, 0.25) is 0 Å². The van der Waals surface area contributed by atoms with Gasteiger partial charge in [-0.2, -0.15) is 5.21 Å². The van der Waals surface area contributed by atoms with Crippen LogP contribution in [0.25, 0.3) is 0 Å². The Balaban J connectivity index is 4.11. The summed E-state index contributed by atoms with van der Waals surface area (Å²) in [7, 11) is 9.62. The lowest BCUT2D eigenvalue weighted by Crippen LogP contribution is -2.55. The van der Waals surface area contributed by atoms with Gasteiger partial charge in [-0.3, -0.25) is 0 Å². The van der Waals surface area contributed by atoms with E-state index < -0.39 is 0 Å². The summed E-state index contributed by atoms with van der Waals surface area (Å²) in [5, 5.41) is 9.90. The quantitative estimate of drug-likeness (QED) is 0.508. The third-order valence-corrected chi connectivity index (χ3v) is 2.12. The molecule has 0 aliphatic carbocycles. The maximum atomic E-state index is 9.90. The van der Waals surface area contributed by atoms with Crippen molar-refractivity contribution in [3.05, 3.63) is 0 Å². The summed E-state index contributed by atoms with van der Waals surface area (Å²) in [6.07, 6.45) is 0.890. The summed E-state index contributed by atoms with van der Waals surface area (Å²) in [6, 6.07) is 0. The second kappa shape index (κ2) is 5.77. The van der Waals surface area contributed by atoms with Gasteiger partial charge >= 0.3 is 0 Å². The molecule has 0 aliphatic rings. The molecule has 0 saturated carbocycles. The van der Waals surface area contributed by atoms with Crippen molar-refractivity contribution < 1.29 is 19.6 Å². The van der Waals surface area contributed by atoms with Crippen LogP contribution in [0.2, 0.25) is 0 Å². The molecule has 0 aromatic heterocycles. The van der Waals surface area contributed by atoms with E-state index in [0.717, 1.165) is 19.5 Å². The lowest BCUT2D eigenvalue weighted by atomic mass is 10.5. The van der Waals surface area contributed by atoms with Crippen LogP contribution < -0.4 is 0 Å². The summed E-state index contributed by atoms with van der Waals surface area (Å²) >= 11 is 0. The van der Waals surface area contributed by atoms with Gasteiger partial charge in [0, 0.05) is 16.2 Å². The molecule has 0 radical (unpaired) electrons. The minimum Gasteiger partial charge on any atom is -0.304 e. The molecule has 5 heteroatoms. The molecule has 0 bridgehead atoms. The normalized spacial score (nSPS) is 16.8. The monoisotopic (exact) mass is 221 g/mol. The summed E-state index contributed by atoms with van der Waals surface area (Å²) in [6.45, 7) is 4.39. The second-order valence-electron chi connectivity index (χ2n) is 4.96. The molecule has 0 saturated heterocycles. The first-order valence-corrected chi connectivity index (χ1v) is 5.46. The molecule has 0 fully saturated rings. The zero-order chi connectivity index (χ0) is 12.1. The smallest absolute Gasteiger partial charge is 0.147 e. The maximum Gasteiger partial charge on any atom is 0.147 e. The van der Waals surface area contributed by atoms with Crippen LogP contribution in [-0.4, -0.2) is 74.4 Å². The number of hydrogen-bond acceptors (Lipinski definition) is 3. The fourth-order valence-electron chi connectivity index (χ4n) is 1.41. The molecular formula is C10H27N3O2+2. The summed E-state index contributed by atoms with van der Waals surface area (Å²) in [5.74, 6) is 0. The van der Waals surface area contributed by atoms with Gasteiger partial charge in [0.15, 0.2) is 0 Å². The van der Waals surface area contributed by atoms with Gasteiger partial charge in [-0.05, 0) is 14.1 Å². The zero-order valence-corrected chi connectivity index (χ0v) is 11.0. The number of hydroxylamine groups is 7. The summed E-state index contributed by atoms with van der Waals surface area (Å²) in [5.41, 5.74) is 0. The number of quaternary nitrogens is 2. The number of nitrogens with zero attached hydrogens (tertiary/aromatic N) is 3. The zero-order valence-electron chi connectivity index (χ0n) is 11.0. The Morgan fingerprint density at radius 2 is 1.67 bits per heavy atom. The van der Waals surface area contributed by atoms with Gasteiger partial charge in [-0.25, -0.2) is 0 Å². The lowest BCUT2D eigenvalue weighted by Gasteiger charge is -2.31. The summed E-state index contributed by atoms with van der Waals surface area (Å²) < 4.78 is 0.352. The second-order valence-corrected chi connectivity index (χ2v) is 4.96. The van der Waals surface area contributed by atoms with E-state index in [-0.39, 0.29) is 4.81 Å². The average Bonchev–Trinajstić information content (AvgIpc) is 1.98. The molecule has 0 amide bonds. The number of likely N-dealkylation sites (N-methyl/N-ethyl adjacent to an activating group) is 2. The van der Waals surface area contributed by atoms with E-state index in [1.54, 1.807) is 7.05 Å². The van der Waals surface area contributed by atoms with Crippen LogP contribution in [-0.2, 0) is 4.94 Å². The van der Waals surface area contributed by atoms with E-state index in [2.05, 4.69) is 4.90 Å². The van der Waals surface area contributed by atoms with Crippen molar-refractivity contribution in [3.63, 3.8) is 0 Å². The molecule has 0 heterocycles. The molecular weight excluding hydrogens is 194 g/mol. The van der Waals surface area contributed by atoms with Gasteiger partial charge in [-0.1, -0.05) is 6.92 Å². The Hall–Kier alpha value is -0.200. The summed E-state index contributed by atoms with van der Waals surface area (Å²) in [4.78, 5) is 7.34. The predicted octanol–water partition coefficient (Wildman–Crippen LogP) is 0.717. The average molecular weight is 221 g/mol. The van der Waals surface area contributed by atoms with Crippen LogP contribution >= 0.6 is 0 Å². The minimum absolute atomic E-state index is 0.352. The largest absolute Gasteiger partial charge is 0.304 e. The number of rotatable bonds is 7. The highest BCUT2D eigenvalue weighted by molar-refractivity contribution is 4.37. The molecule has 0 aromatic carbocycles. The van der Waals surface area contributed by atoms with Crippen LogP contribution in [0.15, 0.2) is 0 Å². The highest BCUT2D eigenvalue weighted by atomic mass is 17.0. The van der Waals surface area contributed by atoms with Gasteiger partial charge < -0.3 is 4.90 Å². The third kappa shape index (κ3) is 7.70. The Morgan fingerprint density at radius 1 is 1.13 bits per heavy atom. The molecule has 15 heavy (non-hydrogen) atoms. The van der Waals surface area contributed by atoms with Crippen LogP contribution in [0.3, 0.4) is 0 Å². The van der Waals surface area contributed by atoms with Gasteiger partial charge in [-0.15, -0.1) is 4.65 Å². The highest BCUT2D eigenvalue weighted by Crippen LogP contribution is 2.09. The van der Waals surface area contributed by atoms with E-state index in [0.29, 0.717) is 11.2 Å². The minimum atomic E-state index is -0.378. The number of hydrogen-bond donors (Lipinski definition) is 1. The fourth-order valence-corrected chi connectivity index (χ4v) is 1.41. The first-order chi connectivity index (χ1) is 6.68. The van der Waals surface area contributed by atoms with E-state index in [1.807, 2.05) is 35.1 Å². The first kappa shape index (κ1) is 14.8. The fraction of sp³-hybridized carbons (Fsp3) is 1.00. The predicted molar refractivity (Wildman–Crippen MR) is 59.7 cm³/mol. The van der Waals surface area contributed by atoms with Crippen molar-refractivity contribution in [2.45, 2.75) is 13.3 Å². The van der Waals surface area contributed by atoms with E-state index in [1.165, 1.54) is 0 Å². The van der Waals surface area contributed by atoms with E-state index >= 15 is 0 Å². The Kier molecular flexibility index (Phi) is 5.69. The van der Waals surface area contributed by atoms with Crippen molar-refractivity contribution in [2.24, 2.45) is 0 Å². The van der Waals surface area contributed by atoms with E-state index in [9.17, 15) is 5.21 Å². The molecule has 92 valence electrons. The first-order valence-electron chi connectivity index (χ1n) is 5.46. The van der Waals surface area contributed by atoms with Crippen LogP contribution in [0.5, 0.6) is 0 Å². The Morgan fingerprint density at radius 3 is 2.07 bits per heavy atom. The van der Waals surface area contributed by atoms with Gasteiger partial charge in [0.05, 0.1) is 6.54 Å². The van der Waals surface area contributed by atoms with Crippen molar-refractivity contribution in [1.82, 2.24) is 4.90 Å². The third-order valence-electron chi connectivity index (χ3n) is 2.12. The van der Waals surface area contributed by atoms with Gasteiger partial charge in [0.25, 0.3) is 0 Å². The van der Waals surface area contributed by atoms with Crippen LogP contribution in [0.4, 0.5) is 0 Å². The molecule has 5 nitrogen and oxygen atoms in total. The Labute approximate surface area is 93.5 Å². The SMILES string of the molecule is CCC[N+](C)(O)O[N+](C)(C)CCN(C)C. The highest BCUT2D eigenvalue weighted by Gasteiger charge is 2.32. The molecule has 0 rings (SSSR count). The molecule has 1 atom stereocenters. The maximum absolute atomic E-state index is 9.90. The van der Waals surface area contributed by atoms with Crippen molar-refractivity contribution >= 4 is 0 Å². The molecule has 0 aromatic rings. The van der Waals surface area contributed by atoms with Crippen LogP contribution in [0.1, 0.15) is 13.3 Å². The molecule has 1 unspecified atom stereocenters. The lowest BCUT2D eigenvalue weighted by molar-refractivity contribution is -1.40. The van der Waals surface area contributed by atoms with Crippen LogP contribution in [0, 0.1) is 0 Å². The molecule has 0 spiro atoms. The standard InChI is InChI=1S/C10H27N3O2/c1-7-9-13(6,14)15-12(4,5)10-8-11(2)3/h14H,7-10H2,1-6H3/q+2. The Bertz CT molecular complexity index is 182. The van der Waals surface area contributed by atoms with Gasteiger partial charge in [0.1, 0.15) is 34.2 Å². The van der Waals surface area contributed by atoms with Crippen molar-refractivity contribution in [1.29, 1.82) is 0 Å². The van der Waals surface area contributed by atoms with E-state index in [4.69, 9.17) is 4.94 Å². The van der Waals surface area contributed by atoms with Crippen molar-refractivity contribution in [2.75, 3.05) is 54.9 Å². The molecule has 1 N–H and O–H groups in total.